The van der Waals surface area contributed by atoms with Gasteiger partial charge in [-0.2, -0.15) is 0 Å². The summed E-state index contributed by atoms with van der Waals surface area (Å²) < 4.78 is 25.9. The first-order valence-corrected chi connectivity index (χ1v) is 10.8. The third kappa shape index (κ3) is 3.57. The van der Waals surface area contributed by atoms with Crippen molar-refractivity contribution in [2.75, 3.05) is 25.5 Å². The highest BCUT2D eigenvalue weighted by Crippen LogP contribution is 2.32. The zero-order valence-electron chi connectivity index (χ0n) is 16.4. The Balaban J connectivity index is 1.59. The molecule has 1 aliphatic heterocycles. The molecular weight excluding hydrogens is 384 g/mol. The van der Waals surface area contributed by atoms with E-state index in [2.05, 4.69) is 0 Å². The molecule has 3 aromatic carbocycles. The molecule has 1 aliphatic rings. The lowest BCUT2D eigenvalue weighted by atomic mass is 10.0. The molecule has 0 N–H and O–H groups in total. The molecule has 6 heteroatoms. The van der Waals surface area contributed by atoms with Gasteiger partial charge in [-0.3, -0.25) is 4.79 Å². The third-order valence-electron chi connectivity index (χ3n) is 5.21. The fourth-order valence-corrected chi connectivity index (χ4v) is 4.50. The topological polar surface area (TPSA) is 57.7 Å². The van der Waals surface area contributed by atoms with Crippen molar-refractivity contribution in [2.45, 2.75) is 11.3 Å². The molecule has 0 fully saturated rings. The number of carbonyl (C=O) groups is 1. The summed E-state index contributed by atoms with van der Waals surface area (Å²) in [5.74, 6) is -0.0772. The quantitative estimate of drug-likeness (QED) is 0.662. The minimum absolute atomic E-state index is 0.0772. The Kier molecular flexibility index (Phi) is 4.98. The van der Waals surface area contributed by atoms with E-state index in [1.54, 1.807) is 23.1 Å². The molecular formula is C23H22N2O3S. The van der Waals surface area contributed by atoms with E-state index in [0.29, 0.717) is 18.5 Å². The summed E-state index contributed by atoms with van der Waals surface area (Å²) in [5, 5.41) is 0. The van der Waals surface area contributed by atoms with Crippen LogP contribution < -0.4 is 4.90 Å². The third-order valence-corrected chi connectivity index (χ3v) is 7.02. The second-order valence-corrected chi connectivity index (χ2v) is 9.38. The van der Waals surface area contributed by atoms with Gasteiger partial charge in [0, 0.05) is 31.9 Å². The van der Waals surface area contributed by atoms with E-state index in [1.165, 1.54) is 18.4 Å². The van der Waals surface area contributed by atoms with E-state index < -0.39 is 10.0 Å². The summed E-state index contributed by atoms with van der Waals surface area (Å²) >= 11 is 0. The highest BCUT2D eigenvalue weighted by atomic mass is 32.2. The SMILES string of the molecule is CN(C)S(=O)(=O)c1ccc2c(c1)CCN2C(=O)c1ccc(-c2ccccc2)cc1. The zero-order chi connectivity index (χ0) is 20.6. The Bertz CT molecular complexity index is 1150. The maximum Gasteiger partial charge on any atom is 0.258 e. The molecule has 0 atom stereocenters. The number of amides is 1. The van der Waals surface area contributed by atoms with Crippen LogP contribution in [0.5, 0.6) is 0 Å². The summed E-state index contributed by atoms with van der Waals surface area (Å²) in [6, 6.07) is 22.6. The molecule has 0 saturated carbocycles. The molecule has 148 valence electrons. The van der Waals surface area contributed by atoms with E-state index in [-0.39, 0.29) is 10.8 Å². The number of benzene rings is 3. The number of hydrogen-bond donors (Lipinski definition) is 0. The van der Waals surface area contributed by atoms with E-state index in [9.17, 15) is 13.2 Å². The van der Waals surface area contributed by atoms with Crippen LogP contribution in [0.3, 0.4) is 0 Å². The van der Waals surface area contributed by atoms with Gasteiger partial charge in [0.2, 0.25) is 10.0 Å². The second-order valence-electron chi connectivity index (χ2n) is 7.23. The van der Waals surface area contributed by atoms with Gasteiger partial charge >= 0.3 is 0 Å². The maximum atomic E-state index is 13.0. The van der Waals surface area contributed by atoms with Gasteiger partial charge < -0.3 is 4.90 Å². The largest absolute Gasteiger partial charge is 0.308 e. The summed E-state index contributed by atoms with van der Waals surface area (Å²) in [7, 11) is -0.467. The van der Waals surface area contributed by atoms with Crippen LogP contribution in [0.15, 0.2) is 77.7 Å². The molecule has 0 unspecified atom stereocenters. The maximum absolute atomic E-state index is 13.0. The second kappa shape index (κ2) is 7.46. The van der Waals surface area contributed by atoms with Gasteiger partial charge in [-0.15, -0.1) is 0 Å². The standard InChI is InChI=1S/C23H22N2O3S/c1-24(2)29(27,28)21-12-13-22-20(16-21)14-15-25(22)23(26)19-10-8-18(9-11-19)17-6-4-3-5-7-17/h3-13,16H,14-15H2,1-2H3. The molecule has 29 heavy (non-hydrogen) atoms. The molecule has 5 nitrogen and oxygen atoms in total. The van der Waals surface area contributed by atoms with E-state index in [4.69, 9.17) is 0 Å². The van der Waals surface area contributed by atoms with E-state index in [0.717, 1.165) is 22.4 Å². The number of nitrogens with zero attached hydrogens (tertiary/aromatic N) is 2. The highest BCUT2D eigenvalue weighted by molar-refractivity contribution is 7.89. The molecule has 0 radical (unpaired) electrons. The Hall–Kier alpha value is -2.96. The van der Waals surface area contributed by atoms with Crippen molar-refractivity contribution in [3.8, 4) is 11.1 Å². The zero-order valence-corrected chi connectivity index (χ0v) is 17.2. The van der Waals surface area contributed by atoms with Crippen molar-refractivity contribution >= 4 is 21.6 Å². The number of hydrogen-bond acceptors (Lipinski definition) is 3. The Morgan fingerprint density at radius 1 is 0.897 bits per heavy atom. The molecule has 3 aromatic rings. The normalized spacial score (nSPS) is 13.6. The molecule has 0 saturated heterocycles. The van der Waals surface area contributed by atoms with Crippen LogP contribution in [0.2, 0.25) is 0 Å². The molecule has 1 heterocycles. The fraction of sp³-hybridized carbons (Fsp3) is 0.174. The molecule has 0 aromatic heterocycles. The van der Waals surface area contributed by atoms with Gasteiger partial charge in [-0.25, -0.2) is 12.7 Å². The van der Waals surface area contributed by atoms with Crippen LogP contribution in [0.25, 0.3) is 11.1 Å². The Morgan fingerprint density at radius 2 is 1.55 bits per heavy atom. The first-order valence-electron chi connectivity index (χ1n) is 9.41. The van der Waals surface area contributed by atoms with Gasteiger partial charge in [-0.1, -0.05) is 42.5 Å². The number of carbonyl (C=O) groups excluding carboxylic acids is 1. The van der Waals surface area contributed by atoms with Gasteiger partial charge in [0.1, 0.15) is 0 Å². The number of rotatable bonds is 4. The fourth-order valence-electron chi connectivity index (χ4n) is 3.55. The lowest BCUT2D eigenvalue weighted by Crippen LogP contribution is -2.28. The minimum Gasteiger partial charge on any atom is -0.308 e. The smallest absolute Gasteiger partial charge is 0.258 e. The molecule has 0 bridgehead atoms. The monoisotopic (exact) mass is 406 g/mol. The molecule has 1 amide bonds. The van der Waals surface area contributed by atoms with Crippen LogP contribution in [-0.2, 0) is 16.4 Å². The molecule has 4 rings (SSSR count). The van der Waals surface area contributed by atoms with Crippen molar-refractivity contribution < 1.29 is 13.2 Å². The van der Waals surface area contributed by atoms with Crippen LogP contribution in [0.4, 0.5) is 5.69 Å². The van der Waals surface area contributed by atoms with Crippen molar-refractivity contribution in [3.05, 3.63) is 83.9 Å². The van der Waals surface area contributed by atoms with Crippen LogP contribution in [0.1, 0.15) is 15.9 Å². The van der Waals surface area contributed by atoms with Gasteiger partial charge in [0.15, 0.2) is 0 Å². The average molecular weight is 407 g/mol. The average Bonchev–Trinajstić information content (AvgIpc) is 3.17. The summed E-state index contributed by atoms with van der Waals surface area (Å²) in [4.78, 5) is 15.0. The van der Waals surface area contributed by atoms with Gasteiger partial charge in [-0.05, 0) is 53.4 Å². The van der Waals surface area contributed by atoms with E-state index in [1.807, 2.05) is 54.6 Å². The van der Waals surface area contributed by atoms with Gasteiger partial charge in [0.25, 0.3) is 5.91 Å². The lowest BCUT2D eigenvalue weighted by Gasteiger charge is -2.18. The number of sulfonamides is 1. The van der Waals surface area contributed by atoms with Crippen molar-refractivity contribution in [3.63, 3.8) is 0 Å². The minimum atomic E-state index is -3.49. The summed E-state index contributed by atoms with van der Waals surface area (Å²) in [6.45, 7) is 0.542. The highest BCUT2D eigenvalue weighted by Gasteiger charge is 2.28. The number of fused-ring (bicyclic) bond motifs is 1. The van der Waals surface area contributed by atoms with E-state index >= 15 is 0 Å². The van der Waals surface area contributed by atoms with Crippen molar-refractivity contribution in [2.24, 2.45) is 0 Å². The van der Waals surface area contributed by atoms with Crippen LogP contribution in [-0.4, -0.2) is 39.3 Å². The predicted octanol–water partition coefficient (Wildman–Crippen LogP) is 3.81. The summed E-state index contributed by atoms with van der Waals surface area (Å²) in [5.41, 5.74) is 4.43. The Labute approximate surface area is 171 Å². The van der Waals surface area contributed by atoms with Crippen molar-refractivity contribution in [1.82, 2.24) is 4.31 Å². The van der Waals surface area contributed by atoms with Crippen LogP contribution >= 0.6 is 0 Å². The molecule has 0 spiro atoms. The summed E-state index contributed by atoms with van der Waals surface area (Å²) in [6.07, 6.45) is 0.639. The first-order chi connectivity index (χ1) is 13.9. The van der Waals surface area contributed by atoms with Crippen molar-refractivity contribution in [1.29, 1.82) is 0 Å². The van der Waals surface area contributed by atoms with Gasteiger partial charge in [0.05, 0.1) is 4.90 Å². The molecule has 0 aliphatic carbocycles. The first kappa shape index (κ1) is 19.4. The van der Waals surface area contributed by atoms with Crippen LogP contribution in [0, 0.1) is 0 Å². The Morgan fingerprint density at radius 3 is 2.21 bits per heavy atom. The lowest BCUT2D eigenvalue weighted by molar-refractivity contribution is 0.0989. The number of anilines is 1. The predicted molar refractivity (Wildman–Crippen MR) is 115 cm³/mol.